The van der Waals surface area contributed by atoms with E-state index in [-0.39, 0.29) is 18.2 Å². The molecule has 6 heteroatoms. The molecule has 184 valence electrons. The van der Waals surface area contributed by atoms with E-state index in [0.717, 1.165) is 40.8 Å². The van der Waals surface area contributed by atoms with Gasteiger partial charge in [0.15, 0.2) is 0 Å². The van der Waals surface area contributed by atoms with Crippen LogP contribution in [-0.4, -0.2) is 35.2 Å². The van der Waals surface area contributed by atoms with Gasteiger partial charge in [0.1, 0.15) is 28.8 Å². The van der Waals surface area contributed by atoms with Crippen LogP contribution in [0.4, 0.5) is 0 Å². The minimum atomic E-state index is -0.0371. The maximum atomic E-state index is 6.28. The molecule has 1 atom stereocenters. The quantitative estimate of drug-likeness (QED) is 0.298. The van der Waals surface area contributed by atoms with Gasteiger partial charge in [-0.25, -0.2) is 0 Å². The number of halogens is 1. The molecule has 0 fully saturated rings. The highest BCUT2D eigenvalue weighted by atomic mass is 35.5. The fraction of sp³-hybridized carbons (Fsp3) is 0.345. The van der Waals surface area contributed by atoms with Gasteiger partial charge in [0.05, 0.1) is 18.2 Å². The van der Waals surface area contributed by atoms with E-state index < -0.39 is 0 Å². The van der Waals surface area contributed by atoms with Crippen LogP contribution < -0.4 is 14.2 Å². The largest absolute Gasteiger partial charge is 0.491 e. The Kier molecular flexibility index (Phi) is 8.19. The topological polar surface area (TPSA) is 30.9 Å². The second kappa shape index (κ2) is 11.3. The van der Waals surface area contributed by atoms with E-state index in [4.69, 9.17) is 38.0 Å². The van der Waals surface area contributed by atoms with Gasteiger partial charge in [-0.3, -0.25) is 0 Å². The van der Waals surface area contributed by atoms with Crippen molar-refractivity contribution in [3.8, 4) is 17.2 Å². The van der Waals surface area contributed by atoms with Crippen molar-refractivity contribution in [2.24, 2.45) is 0 Å². The van der Waals surface area contributed by atoms with E-state index in [0.29, 0.717) is 11.6 Å². The van der Waals surface area contributed by atoms with Crippen LogP contribution in [0.1, 0.15) is 50.4 Å². The molecule has 0 saturated heterocycles. The number of hydrogen-bond donors (Lipinski definition) is 0. The fourth-order valence-corrected chi connectivity index (χ4v) is 4.84. The van der Waals surface area contributed by atoms with Crippen LogP contribution in [0.25, 0.3) is 0 Å². The van der Waals surface area contributed by atoms with Crippen LogP contribution in [0.15, 0.2) is 66.7 Å². The van der Waals surface area contributed by atoms with Gasteiger partial charge in [-0.1, -0.05) is 42.0 Å². The van der Waals surface area contributed by atoms with E-state index in [1.165, 1.54) is 11.1 Å². The molecule has 0 bridgehead atoms. The number of thiocarbonyl (C=S) groups is 1. The summed E-state index contributed by atoms with van der Waals surface area (Å²) in [5.41, 5.74) is 3.41. The average molecular weight is 510 g/mol. The zero-order chi connectivity index (χ0) is 24.9. The normalized spacial score (nSPS) is 15.2. The minimum absolute atomic E-state index is 0.0371. The van der Waals surface area contributed by atoms with Gasteiger partial charge < -0.3 is 19.1 Å². The Bertz CT molecular complexity index is 1160. The minimum Gasteiger partial charge on any atom is -0.491 e. The maximum absolute atomic E-state index is 6.28. The molecule has 0 aromatic heterocycles. The van der Waals surface area contributed by atoms with E-state index in [9.17, 15) is 0 Å². The van der Waals surface area contributed by atoms with Crippen LogP contribution >= 0.6 is 23.8 Å². The second-order valence-electron chi connectivity index (χ2n) is 9.25. The number of rotatable bonds is 8. The number of ether oxygens (including phenoxy) is 3. The summed E-state index contributed by atoms with van der Waals surface area (Å²) in [5, 5.41) is 0.675. The molecule has 3 aromatic rings. The van der Waals surface area contributed by atoms with Gasteiger partial charge in [-0.05, 0) is 93.8 Å². The van der Waals surface area contributed by atoms with Crippen molar-refractivity contribution in [2.45, 2.75) is 52.4 Å². The molecule has 4 rings (SSSR count). The summed E-state index contributed by atoms with van der Waals surface area (Å²) in [6.07, 6.45) is 1.14. The average Bonchev–Trinajstić information content (AvgIpc) is 2.82. The molecule has 1 aliphatic rings. The lowest BCUT2D eigenvalue weighted by Crippen LogP contribution is -2.42. The Balaban J connectivity index is 1.59. The Hall–Kier alpha value is -2.76. The van der Waals surface area contributed by atoms with E-state index in [2.05, 4.69) is 17.0 Å². The highest BCUT2D eigenvalue weighted by molar-refractivity contribution is 7.80. The molecule has 0 radical (unpaired) electrons. The van der Waals surface area contributed by atoms with Crippen LogP contribution in [0.2, 0.25) is 5.02 Å². The molecule has 0 aliphatic carbocycles. The van der Waals surface area contributed by atoms with Crippen LogP contribution in [0, 0.1) is 0 Å². The van der Waals surface area contributed by atoms with Crippen LogP contribution in [0.5, 0.6) is 17.2 Å². The lowest BCUT2D eigenvalue weighted by molar-refractivity contribution is 0.190. The van der Waals surface area contributed by atoms with Gasteiger partial charge in [-0.15, -0.1) is 0 Å². The standard InChI is InChI=1S/C29H32ClNO3S/c1-19(2)33-25-10-8-24(9-11-25)32-18-28-27-13-12-26(34-20(3)4)17-21(27)14-15-31(28)29(35)22-6-5-7-23(30)16-22/h5-13,16-17,19-20,28H,14-15,18H2,1-4H3. The molecule has 0 spiro atoms. The Morgan fingerprint density at radius 3 is 2.26 bits per heavy atom. The van der Waals surface area contributed by atoms with Gasteiger partial charge in [-0.2, -0.15) is 0 Å². The molecule has 3 aromatic carbocycles. The molecule has 4 nitrogen and oxygen atoms in total. The molecular formula is C29H32ClNO3S. The number of fused-ring (bicyclic) bond motifs is 1. The van der Waals surface area contributed by atoms with Gasteiger partial charge >= 0.3 is 0 Å². The lowest BCUT2D eigenvalue weighted by atomic mass is 9.92. The first kappa shape index (κ1) is 25.3. The Morgan fingerprint density at radius 1 is 0.914 bits per heavy atom. The van der Waals surface area contributed by atoms with Crippen LogP contribution in [-0.2, 0) is 6.42 Å². The predicted octanol–water partition coefficient (Wildman–Crippen LogP) is 7.27. The Labute approximate surface area is 218 Å². The maximum Gasteiger partial charge on any atom is 0.119 e. The molecule has 0 amide bonds. The molecule has 1 heterocycles. The number of benzene rings is 3. The molecule has 35 heavy (non-hydrogen) atoms. The molecule has 1 unspecified atom stereocenters. The molecule has 1 aliphatic heterocycles. The fourth-order valence-electron chi connectivity index (χ4n) is 4.31. The van der Waals surface area contributed by atoms with Crippen molar-refractivity contribution < 1.29 is 14.2 Å². The summed E-state index contributed by atoms with van der Waals surface area (Å²) in [5.74, 6) is 2.52. The van der Waals surface area contributed by atoms with Crippen molar-refractivity contribution in [3.05, 3.63) is 88.4 Å². The summed E-state index contributed by atoms with van der Waals surface area (Å²) in [6, 6.07) is 21.8. The SMILES string of the molecule is CC(C)Oc1ccc(OCC2c3ccc(OC(C)C)cc3CCN2C(=S)c2cccc(Cl)c2)cc1. The summed E-state index contributed by atoms with van der Waals surface area (Å²) in [6.45, 7) is 9.36. The van der Waals surface area contributed by atoms with Crippen molar-refractivity contribution in [1.82, 2.24) is 4.90 Å². The van der Waals surface area contributed by atoms with Gasteiger partial charge in [0.2, 0.25) is 0 Å². The van der Waals surface area contributed by atoms with Crippen molar-refractivity contribution in [1.29, 1.82) is 0 Å². The highest BCUT2D eigenvalue weighted by Gasteiger charge is 2.30. The molecule has 0 saturated carbocycles. The second-order valence-corrected chi connectivity index (χ2v) is 10.1. The highest BCUT2D eigenvalue weighted by Crippen LogP contribution is 2.35. The third-order valence-corrected chi connectivity index (χ3v) is 6.48. The van der Waals surface area contributed by atoms with E-state index in [1.807, 2.05) is 82.3 Å². The summed E-state index contributed by atoms with van der Waals surface area (Å²) in [4.78, 5) is 3.03. The zero-order valence-corrected chi connectivity index (χ0v) is 22.2. The molecular weight excluding hydrogens is 478 g/mol. The number of hydrogen-bond acceptors (Lipinski definition) is 4. The van der Waals surface area contributed by atoms with Crippen LogP contribution in [0.3, 0.4) is 0 Å². The van der Waals surface area contributed by atoms with E-state index in [1.54, 1.807) is 0 Å². The van der Waals surface area contributed by atoms with Crippen molar-refractivity contribution in [3.63, 3.8) is 0 Å². The molecule has 0 N–H and O–H groups in total. The van der Waals surface area contributed by atoms with Crippen molar-refractivity contribution in [2.75, 3.05) is 13.2 Å². The van der Waals surface area contributed by atoms with Crippen molar-refractivity contribution >= 4 is 28.8 Å². The summed E-state index contributed by atoms with van der Waals surface area (Å²) < 4.78 is 18.0. The zero-order valence-electron chi connectivity index (χ0n) is 20.7. The predicted molar refractivity (Wildman–Crippen MR) is 146 cm³/mol. The first-order valence-corrected chi connectivity index (χ1v) is 12.8. The van der Waals surface area contributed by atoms with Gasteiger partial charge in [0.25, 0.3) is 0 Å². The summed E-state index contributed by atoms with van der Waals surface area (Å²) >= 11 is 12.2. The smallest absolute Gasteiger partial charge is 0.119 e. The van der Waals surface area contributed by atoms with Gasteiger partial charge in [0, 0.05) is 17.1 Å². The monoisotopic (exact) mass is 509 g/mol. The first-order valence-electron chi connectivity index (χ1n) is 12.1. The number of nitrogens with zero attached hydrogens (tertiary/aromatic N) is 1. The van der Waals surface area contributed by atoms with E-state index >= 15 is 0 Å². The lowest BCUT2D eigenvalue weighted by Gasteiger charge is -2.39. The Morgan fingerprint density at radius 2 is 1.57 bits per heavy atom. The first-order chi connectivity index (χ1) is 16.8. The third kappa shape index (κ3) is 6.47. The summed E-state index contributed by atoms with van der Waals surface area (Å²) in [7, 11) is 0. The third-order valence-electron chi connectivity index (χ3n) is 5.78.